The first-order valence-electron chi connectivity index (χ1n) is 7.28. The van der Waals surface area contributed by atoms with E-state index < -0.39 is 0 Å². The molecular formula is C15H19FN4O2. The fourth-order valence-corrected chi connectivity index (χ4v) is 2.20. The number of aromatic nitrogens is 2. The maximum atomic E-state index is 13.2. The number of fused-ring (bicyclic) bond motifs is 1. The van der Waals surface area contributed by atoms with Crippen LogP contribution in [0.15, 0.2) is 24.5 Å². The number of hydroxylamine groups is 1. The molecule has 1 aromatic carbocycles. The highest BCUT2D eigenvalue weighted by molar-refractivity contribution is 5.88. The summed E-state index contributed by atoms with van der Waals surface area (Å²) in [6.45, 7) is 0.746. The standard InChI is InChI=1S/C15H19FN4O2/c16-11-6-7-12-13(9-11)18-10-19-15(12)17-8-4-2-1-3-5-14(21)20-22/h6-7,9-10,22H,1-5,8H2,(H,20,21)(H,17,18,19). The molecule has 1 aromatic heterocycles. The van der Waals surface area contributed by atoms with Crippen molar-refractivity contribution in [3.63, 3.8) is 0 Å². The Morgan fingerprint density at radius 3 is 2.82 bits per heavy atom. The molecule has 0 unspecified atom stereocenters. The predicted molar refractivity (Wildman–Crippen MR) is 81.0 cm³/mol. The number of halogens is 1. The zero-order valence-electron chi connectivity index (χ0n) is 12.2. The summed E-state index contributed by atoms with van der Waals surface area (Å²) in [5, 5.41) is 12.4. The largest absolute Gasteiger partial charge is 0.369 e. The van der Waals surface area contributed by atoms with Gasteiger partial charge in [0.05, 0.1) is 5.52 Å². The van der Waals surface area contributed by atoms with Gasteiger partial charge in [0, 0.05) is 24.4 Å². The molecule has 0 radical (unpaired) electrons. The molecule has 2 rings (SSSR count). The second-order valence-corrected chi connectivity index (χ2v) is 5.01. The van der Waals surface area contributed by atoms with Gasteiger partial charge in [0.2, 0.25) is 5.91 Å². The van der Waals surface area contributed by atoms with Gasteiger partial charge >= 0.3 is 0 Å². The topological polar surface area (TPSA) is 87.1 Å². The molecule has 0 fully saturated rings. The number of carbonyl (C=O) groups excluding carboxylic acids is 1. The minimum Gasteiger partial charge on any atom is -0.369 e. The maximum Gasteiger partial charge on any atom is 0.243 e. The number of hydrogen-bond donors (Lipinski definition) is 3. The molecule has 3 N–H and O–H groups in total. The quantitative estimate of drug-likeness (QED) is 0.396. The van der Waals surface area contributed by atoms with Crippen LogP contribution in [0.4, 0.5) is 10.2 Å². The summed E-state index contributed by atoms with van der Waals surface area (Å²) in [7, 11) is 0. The molecule has 1 amide bonds. The van der Waals surface area contributed by atoms with Crippen LogP contribution in [0.3, 0.4) is 0 Å². The zero-order valence-corrected chi connectivity index (χ0v) is 12.2. The minimum absolute atomic E-state index is 0.316. The van der Waals surface area contributed by atoms with E-state index in [0.29, 0.717) is 17.8 Å². The number of nitrogens with one attached hydrogen (secondary N) is 2. The van der Waals surface area contributed by atoms with Crippen LogP contribution in [-0.4, -0.2) is 27.6 Å². The fraction of sp³-hybridized carbons (Fsp3) is 0.400. The lowest BCUT2D eigenvalue weighted by Crippen LogP contribution is -2.17. The molecule has 0 saturated heterocycles. The van der Waals surface area contributed by atoms with Crippen LogP contribution >= 0.6 is 0 Å². The van der Waals surface area contributed by atoms with Gasteiger partial charge in [-0.05, 0) is 25.0 Å². The highest BCUT2D eigenvalue weighted by Gasteiger charge is 2.04. The van der Waals surface area contributed by atoms with E-state index in [4.69, 9.17) is 5.21 Å². The number of amides is 1. The average molecular weight is 306 g/mol. The van der Waals surface area contributed by atoms with Gasteiger partial charge in [0.15, 0.2) is 0 Å². The smallest absolute Gasteiger partial charge is 0.243 e. The highest BCUT2D eigenvalue weighted by atomic mass is 19.1. The molecule has 0 aliphatic carbocycles. The Morgan fingerprint density at radius 1 is 1.18 bits per heavy atom. The van der Waals surface area contributed by atoms with Gasteiger partial charge in [-0.3, -0.25) is 10.0 Å². The second kappa shape index (κ2) is 8.23. The van der Waals surface area contributed by atoms with E-state index in [1.807, 2.05) is 0 Å². The molecule has 0 aliphatic heterocycles. The number of rotatable bonds is 8. The van der Waals surface area contributed by atoms with Crippen molar-refractivity contribution in [2.45, 2.75) is 32.1 Å². The van der Waals surface area contributed by atoms with E-state index in [9.17, 15) is 9.18 Å². The minimum atomic E-state index is -0.349. The second-order valence-electron chi connectivity index (χ2n) is 5.01. The van der Waals surface area contributed by atoms with Crippen molar-refractivity contribution in [2.24, 2.45) is 0 Å². The molecule has 0 atom stereocenters. The lowest BCUT2D eigenvalue weighted by atomic mass is 10.1. The third-order valence-corrected chi connectivity index (χ3v) is 3.35. The molecule has 118 valence electrons. The van der Waals surface area contributed by atoms with Gasteiger partial charge in [-0.15, -0.1) is 0 Å². The summed E-state index contributed by atoms with van der Waals surface area (Å²) in [5.41, 5.74) is 2.19. The Morgan fingerprint density at radius 2 is 2.00 bits per heavy atom. The van der Waals surface area contributed by atoms with Gasteiger partial charge in [0.25, 0.3) is 0 Å². The molecule has 0 saturated carbocycles. The zero-order chi connectivity index (χ0) is 15.8. The lowest BCUT2D eigenvalue weighted by Gasteiger charge is -2.08. The molecule has 22 heavy (non-hydrogen) atoms. The molecule has 2 aromatic rings. The van der Waals surface area contributed by atoms with Gasteiger partial charge in [-0.1, -0.05) is 12.8 Å². The predicted octanol–water partition coefficient (Wildman–Crippen LogP) is 2.64. The van der Waals surface area contributed by atoms with Crippen LogP contribution in [0.25, 0.3) is 10.9 Å². The van der Waals surface area contributed by atoms with Crippen LogP contribution in [0.5, 0.6) is 0 Å². The molecule has 0 aliphatic rings. The molecule has 7 heteroatoms. The third-order valence-electron chi connectivity index (χ3n) is 3.35. The van der Waals surface area contributed by atoms with E-state index in [0.717, 1.165) is 37.6 Å². The Hall–Kier alpha value is -2.28. The number of carbonyl (C=O) groups is 1. The van der Waals surface area contributed by atoms with Crippen molar-refractivity contribution in [3.05, 3.63) is 30.3 Å². The first-order chi connectivity index (χ1) is 10.7. The maximum absolute atomic E-state index is 13.2. The van der Waals surface area contributed by atoms with Crippen molar-refractivity contribution < 1.29 is 14.4 Å². The van der Waals surface area contributed by atoms with Crippen molar-refractivity contribution in [1.29, 1.82) is 0 Å². The van der Waals surface area contributed by atoms with Crippen molar-refractivity contribution in [1.82, 2.24) is 15.4 Å². The van der Waals surface area contributed by atoms with E-state index >= 15 is 0 Å². The monoisotopic (exact) mass is 306 g/mol. The fourth-order valence-electron chi connectivity index (χ4n) is 2.20. The van der Waals surface area contributed by atoms with Crippen LogP contribution in [-0.2, 0) is 4.79 Å². The van der Waals surface area contributed by atoms with E-state index in [1.54, 1.807) is 11.5 Å². The van der Waals surface area contributed by atoms with Crippen LogP contribution in [0, 0.1) is 5.82 Å². The van der Waals surface area contributed by atoms with Crippen LogP contribution in [0.1, 0.15) is 32.1 Å². The summed E-state index contributed by atoms with van der Waals surface area (Å²) < 4.78 is 13.2. The Bertz CT molecular complexity index is 636. The van der Waals surface area contributed by atoms with Crippen molar-refractivity contribution in [3.8, 4) is 0 Å². The number of nitrogens with zero attached hydrogens (tertiary/aromatic N) is 2. The third kappa shape index (κ3) is 4.63. The Labute approximate surface area is 127 Å². The molecule has 0 spiro atoms. The van der Waals surface area contributed by atoms with Crippen molar-refractivity contribution >= 4 is 22.6 Å². The van der Waals surface area contributed by atoms with Gasteiger partial charge < -0.3 is 5.32 Å². The SMILES string of the molecule is O=C(CCCCCCNc1ncnc2cc(F)ccc12)NO. The van der Waals surface area contributed by atoms with E-state index in [-0.39, 0.29) is 11.7 Å². The number of anilines is 1. The molecule has 1 heterocycles. The summed E-state index contributed by atoms with van der Waals surface area (Å²) in [4.78, 5) is 19.0. The Kier molecular flexibility index (Phi) is 6.02. The number of benzene rings is 1. The summed E-state index contributed by atoms with van der Waals surface area (Å²) in [6.07, 6.45) is 5.34. The Balaban J connectivity index is 1.75. The van der Waals surface area contributed by atoms with Crippen LogP contribution < -0.4 is 10.8 Å². The normalized spacial score (nSPS) is 10.6. The van der Waals surface area contributed by atoms with E-state index in [1.165, 1.54) is 18.5 Å². The molecule has 0 bridgehead atoms. The first kappa shape index (κ1) is 16.1. The number of unbranched alkanes of at least 4 members (excludes halogenated alkanes) is 3. The highest BCUT2D eigenvalue weighted by Crippen LogP contribution is 2.19. The summed E-state index contributed by atoms with van der Waals surface area (Å²) in [6, 6.07) is 4.44. The first-order valence-corrected chi connectivity index (χ1v) is 7.28. The van der Waals surface area contributed by atoms with Crippen molar-refractivity contribution in [2.75, 3.05) is 11.9 Å². The summed E-state index contributed by atoms with van der Waals surface area (Å²) in [5.74, 6) is 0.0338. The van der Waals surface area contributed by atoms with E-state index in [2.05, 4.69) is 15.3 Å². The summed E-state index contributed by atoms with van der Waals surface area (Å²) >= 11 is 0. The van der Waals surface area contributed by atoms with Gasteiger partial charge in [-0.2, -0.15) is 0 Å². The average Bonchev–Trinajstić information content (AvgIpc) is 2.53. The van der Waals surface area contributed by atoms with Crippen LogP contribution in [0.2, 0.25) is 0 Å². The van der Waals surface area contributed by atoms with Gasteiger partial charge in [0.1, 0.15) is 18.0 Å². The molecule has 6 nitrogen and oxygen atoms in total. The van der Waals surface area contributed by atoms with Gasteiger partial charge in [-0.25, -0.2) is 19.8 Å². The molecular weight excluding hydrogens is 287 g/mol. The number of hydrogen-bond acceptors (Lipinski definition) is 5. The lowest BCUT2D eigenvalue weighted by molar-refractivity contribution is -0.129.